The van der Waals surface area contributed by atoms with E-state index in [4.69, 9.17) is 15.7 Å². The molecule has 0 saturated carbocycles. The number of ether oxygens (including phenoxy) is 1. The highest BCUT2D eigenvalue weighted by atomic mass is 16.5. The lowest BCUT2D eigenvalue weighted by atomic mass is 10.3. The lowest BCUT2D eigenvalue weighted by molar-refractivity contribution is -0.0185. The van der Waals surface area contributed by atoms with Crippen LogP contribution in [0.2, 0.25) is 0 Å². The molecule has 1 aliphatic heterocycles. The van der Waals surface area contributed by atoms with Crippen LogP contribution in [0.5, 0.6) is 0 Å². The molecule has 0 aromatic heterocycles. The highest BCUT2D eigenvalue weighted by Crippen LogP contribution is 2.02. The van der Waals surface area contributed by atoms with E-state index in [2.05, 4.69) is 11.0 Å². The molecule has 1 rings (SSSR count). The van der Waals surface area contributed by atoms with Gasteiger partial charge < -0.3 is 10.5 Å². The summed E-state index contributed by atoms with van der Waals surface area (Å²) < 4.78 is 5.33. The molecule has 0 aliphatic carbocycles. The summed E-state index contributed by atoms with van der Waals surface area (Å²) in [7, 11) is 0. The summed E-state index contributed by atoms with van der Waals surface area (Å²) in [5.74, 6) is 0. The summed E-state index contributed by atoms with van der Waals surface area (Å²) >= 11 is 0. The van der Waals surface area contributed by atoms with E-state index in [1.165, 1.54) is 0 Å². The first-order chi connectivity index (χ1) is 5.36. The maximum Gasteiger partial charge on any atom is 0.0867 e. The van der Waals surface area contributed by atoms with Crippen LogP contribution in [0.1, 0.15) is 0 Å². The average Bonchev–Trinajstić information content (AvgIpc) is 2.06. The maximum absolute atomic E-state index is 8.41. The van der Waals surface area contributed by atoms with Crippen molar-refractivity contribution in [2.75, 3.05) is 32.8 Å². The molecule has 0 aromatic rings. The fourth-order valence-electron chi connectivity index (χ4n) is 1.17. The summed E-state index contributed by atoms with van der Waals surface area (Å²) in [6, 6.07) is 2.11. The number of hydrogen-bond donors (Lipinski definition) is 1. The molecule has 1 fully saturated rings. The molecule has 4 heteroatoms. The molecule has 2 N–H and O–H groups in total. The van der Waals surface area contributed by atoms with Crippen molar-refractivity contribution >= 4 is 0 Å². The van der Waals surface area contributed by atoms with Gasteiger partial charge in [0.05, 0.1) is 25.3 Å². The fourth-order valence-corrected chi connectivity index (χ4v) is 1.17. The first-order valence-electron chi connectivity index (χ1n) is 3.77. The van der Waals surface area contributed by atoms with Gasteiger partial charge in [-0.05, 0) is 0 Å². The van der Waals surface area contributed by atoms with Gasteiger partial charge in [0.1, 0.15) is 0 Å². The van der Waals surface area contributed by atoms with E-state index in [1.54, 1.807) is 0 Å². The summed E-state index contributed by atoms with van der Waals surface area (Å²) in [6.07, 6.45) is 0.122. The van der Waals surface area contributed by atoms with Crippen LogP contribution in [0, 0.1) is 11.3 Å². The van der Waals surface area contributed by atoms with Gasteiger partial charge in [-0.15, -0.1) is 0 Å². The van der Waals surface area contributed by atoms with Crippen molar-refractivity contribution in [2.45, 2.75) is 6.10 Å². The lowest BCUT2D eigenvalue weighted by Gasteiger charge is -2.30. The van der Waals surface area contributed by atoms with Crippen molar-refractivity contribution in [1.29, 1.82) is 5.26 Å². The Kier molecular flexibility index (Phi) is 3.30. The van der Waals surface area contributed by atoms with Crippen LogP contribution in [0.3, 0.4) is 0 Å². The Morgan fingerprint density at radius 1 is 1.73 bits per heavy atom. The van der Waals surface area contributed by atoms with E-state index in [9.17, 15) is 0 Å². The van der Waals surface area contributed by atoms with E-state index in [0.29, 0.717) is 19.7 Å². The van der Waals surface area contributed by atoms with Gasteiger partial charge in [-0.2, -0.15) is 5.26 Å². The Labute approximate surface area is 66.5 Å². The van der Waals surface area contributed by atoms with Crippen LogP contribution < -0.4 is 5.73 Å². The molecule has 1 aliphatic rings. The van der Waals surface area contributed by atoms with Crippen molar-refractivity contribution in [3.05, 3.63) is 0 Å². The van der Waals surface area contributed by atoms with Gasteiger partial charge in [-0.3, -0.25) is 4.90 Å². The van der Waals surface area contributed by atoms with Gasteiger partial charge in [-0.25, -0.2) is 0 Å². The molecular formula is C7H13N3O. The molecule has 0 amide bonds. The van der Waals surface area contributed by atoms with Gasteiger partial charge in [0.2, 0.25) is 0 Å². The topological polar surface area (TPSA) is 62.3 Å². The fraction of sp³-hybridized carbons (Fsp3) is 0.857. The van der Waals surface area contributed by atoms with E-state index in [-0.39, 0.29) is 6.10 Å². The Morgan fingerprint density at radius 2 is 2.55 bits per heavy atom. The van der Waals surface area contributed by atoms with Crippen molar-refractivity contribution in [3.63, 3.8) is 0 Å². The van der Waals surface area contributed by atoms with E-state index >= 15 is 0 Å². The zero-order valence-electron chi connectivity index (χ0n) is 6.49. The molecule has 11 heavy (non-hydrogen) atoms. The van der Waals surface area contributed by atoms with E-state index < -0.39 is 0 Å². The second-order valence-electron chi connectivity index (χ2n) is 2.62. The minimum atomic E-state index is 0.122. The predicted molar refractivity (Wildman–Crippen MR) is 40.8 cm³/mol. The number of nitrogens with two attached hydrogens (primary N) is 1. The number of rotatable bonds is 2. The second-order valence-corrected chi connectivity index (χ2v) is 2.62. The Bertz CT molecular complexity index is 154. The Hall–Kier alpha value is -0.630. The molecule has 1 heterocycles. The van der Waals surface area contributed by atoms with Crippen LogP contribution in [0.25, 0.3) is 0 Å². The van der Waals surface area contributed by atoms with E-state index in [1.807, 2.05) is 0 Å². The molecule has 1 unspecified atom stereocenters. The number of nitriles is 1. The van der Waals surface area contributed by atoms with Crippen molar-refractivity contribution in [2.24, 2.45) is 5.73 Å². The average molecular weight is 155 g/mol. The minimum Gasteiger partial charge on any atom is -0.374 e. The van der Waals surface area contributed by atoms with Crippen LogP contribution in [-0.2, 0) is 4.74 Å². The minimum absolute atomic E-state index is 0.122. The SMILES string of the molecule is N#CCN1CCOC(CN)C1. The molecular weight excluding hydrogens is 142 g/mol. The van der Waals surface area contributed by atoms with Gasteiger partial charge in [-0.1, -0.05) is 0 Å². The predicted octanol–water partition coefficient (Wildman–Crippen LogP) is -0.831. The smallest absolute Gasteiger partial charge is 0.0867 e. The van der Waals surface area contributed by atoms with Gasteiger partial charge in [0.25, 0.3) is 0 Å². The molecule has 1 atom stereocenters. The zero-order valence-corrected chi connectivity index (χ0v) is 6.49. The number of hydrogen-bond acceptors (Lipinski definition) is 4. The zero-order chi connectivity index (χ0) is 8.10. The first-order valence-corrected chi connectivity index (χ1v) is 3.77. The summed E-state index contributed by atoms with van der Waals surface area (Å²) in [5, 5.41) is 8.41. The van der Waals surface area contributed by atoms with Crippen molar-refractivity contribution < 1.29 is 4.74 Å². The molecule has 0 spiro atoms. The van der Waals surface area contributed by atoms with Crippen LogP contribution in [-0.4, -0.2) is 43.8 Å². The third-order valence-corrected chi connectivity index (χ3v) is 1.78. The lowest BCUT2D eigenvalue weighted by Crippen LogP contribution is -2.45. The molecule has 0 radical (unpaired) electrons. The Morgan fingerprint density at radius 3 is 3.18 bits per heavy atom. The van der Waals surface area contributed by atoms with Gasteiger partial charge in [0.15, 0.2) is 0 Å². The summed E-state index contributed by atoms with van der Waals surface area (Å²) in [6.45, 7) is 3.37. The van der Waals surface area contributed by atoms with Gasteiger partial charge in [0, 0.05) is 19.6 Å². The third-order valence-electron chi connectivity index (χ3n) is 1.78. The molecule has 4 nitrogen and oxygen atoms in total. The first kappa shape index (κ1) is 8.47. The van der Waals surface area contributed by atoms with Crippen LogP contribution in [0.15, 0.2) is 0 Å². The highest BCUT2D eigenvalue weighted by molar-refractivity contribution is 4.80. The van der Waals surface area contributed by atoms with Crippen molar-refractivity contribution in [1.82, 2.24) is 4.90 Å². The molecule has 0 bridgehead atoms. The van der Waals surface area contributed by atoms with Gasteiger partial charge >= 0.3 is 0 Å². The standard InChI is InChI=1S/C7H13N3O/c8-1-2-10-3-4-11-7(5-9)6-10/h7H,2-6,9H2. The third kappa shape index (κ3) is 2.46. The maximum atomic E-state index is 8.41. The summed E-state index contributed by atoms with van der Waals surface area (Å²) in [5.41, 5.74) is 5.43. The molecule has 1 saturated heterocycles. The van der Waals surface area contributed by atoms with Crippen LogP contribution in [0.4, 0.5) is 0 Å². The van der Waals surface area contributed by atoms with Crippen molar-refractivity contribution in [3.8, 4) is 6.07 Å². The van der Waals surface area contributed by atoms with Crippen LogP contribution >= 0.6 is 0 Å². The number of nitrogens with zero attached hydrogens (tertiary/aromatic N) is 2. The summed E-state index contributed by atoms with van der Waals surface area (Å²) in [4.78, 5) is 2.06. The largest absolute Gasteiger partial charge is 0.374 e. The molecule has 62 valence electrons. The normalized spacial score (nSPS) is 26.4. The number of morpholine rings is 1. The Balaban J connectivity index is 2.28. The second kappa shape index (κ2) is 4.29. The van der Waals surface area contributed by atoms with E-state index in [0.717, 1.165) is 13.1 Å². The monoisotopic (exact) mass is 155 g/mol. The molecule has 0 aromatic carbocycles. The highest BCUT2D eigenvalue weighted by Gasteiger charge is 2.17. The quantitative estimate of drug-likeness (QED) is 0.529.